The van der Waals surface area contributed by atoms with Crippen LogP contribution in [0, 0.1) is 6.92 Å². The van der Waals surface area contributed by atoms with Crippen LogP contribution in [0.4, 0.5) is 5.69 Å². The van der Waals surface area contributed by atoms with E-state index in [0.29, 0.717) is 5.69 Å². The van der Waals surface area contributed by atoms with Gasteiger partial charge in [-0.2, -0.15) is 0 Å². The molecule has 2 aliphatic rings. The normalized spacial score (nSPS) is 18.4. The summed E-state index contributed by atoms with van der Waals surface area (Å²) in [5.74, 6) is -0.0394. The van der Waals surface area contributed by atoms with Crippen LogP contribution in [0.2, 0.25) is 0 Å². The molecule has 26 heavy (non-hydrogen) atoms. The van der Waals surface area contributed by atoms with E-state index in [2.05, 4.69) is 66.2 Å². The predicted octanol–water partition coefficient (Wildman–Crippen LogP) is 4.96. The molecule has 1 aromatic heterocycles. The van der Waals surface area contributed by atoms with Gasteiger partial charge in [0.15, 0.2) is 0 Å². The average Bonchev–Trinajstić information content (AvgIpc) is 2.67. The van der Waals surface area contributed by atoms with Crippen molar-refractivity contribution < 1.29 is 4.79 Å². The third kappa shape index (κ3) is 2.82. The zero-order valence-corrected chi connectivity index (χ0v) is 14.9. The lowest BCUT2D eigenvalue weighted by molar-refractivity contribution is 0.104. The highest BCUT2D eigenvalue weighted by Crippen LogP contribution is 2.32. The number of carbonyl (C=O) groups excluding carboxylic acids is 1. The summed E-state index contributed by atoms with van der Waals surface area (Å²) in [7, 11) is 0. The van der Waals surface area contributed by atoms with Crippen molar-refractivity contribution in [3.8, 4) is 0 Å². The number of likely N-dealkylation sites (N-methyl/N-ethyl adjacent to an activating group) is 1. The molecule has 0 unspecified atom stereocenters. The molecule has 1 aliphatic heterocycles. The molecule has 2 aromatic rings. The van der Waals surface area contributed by atoms with Crippen LogP contribution in [0.15, 0.2) is 72.6 Å². The lowest BCUT2D eigenvalue weighted by atomic mass is 9.95. The number of allylic oxidation sites excluding steroid dienone is 6. The Kier molecular flexibility index (Phi) is 4.13. The van der Waals surface area contributed by atoms with Crippen LogP contribution < -0.4 is 4.90 Å². The second kappa shape index (κ2) is 6.60. The predicted molar refractivity (Wildman–Crippen MR) is 107 cm³/mol. The van der Waals surface area contributed by atoms with Crippen molar-refractivity contribution in [2.24, 2.45) is 0 Å². The number of anilines is 1. The van der Waals surface area contributed by atoms with Crippen LogP contribution in [-0.2, 0) is 0 Å². The standard InChI is InChI=1S/C23H20N2O/c1-3-25-19(11-8-18-15-16(2)6-12-21(18)25)10-7-17-9-13-22(26)23-20(17)5-4-14-24-23/h4-15H,3H2,1-2H3. The topological polar surface area (TPSA) is 33.2 Å². The first kappa shape index (κ1) is 16.3. The highest BCUT2D eigenvalue weighted by atomic mass is 16.1. The lowest BCUT2D eigenvalue weighted by Crippen LogP contribution is -2.23. The monoisotopic (exact) mass is 340 g/mol. The van der Waals surface area contributed by atoms with E-state index in [4.69, 9.17) is 0 Å². The van der Waals surface area contributed by atoms with Gasteiger partial charge in [0.1, 0.15) is 5.69 Å². The molecule has 1 aliphatic carbocycles. The summed E-state index contributed by atoms with van der Waals surface area (Å²) < 4.78 is 0. The van der Waals surface area contributed by atoms with E-state index in [1.54, 1.807) is 12.3 Å². The Bertz CT molecular complexity index is 1010. The zero-order chi connectivity index (χ0) is 18.1. The highest BCUT2D eigenvalue weighted by molar-refractivity contribution is 6.11. The lowest BCUT2D eigenvalue weighted by Gasteiger charge is -2.29. The molecule has 0 atom stereocenters. The van der Waals surface area contributed by atoms with E-state index >= 15 is 0 Å². The van der Waals surface area contributed by atoms with E-state index in [1.165, 1.54) is 16.8 Å². The number of ketones is 1. The Morgan fingerprint density at radius 1 is 1.08 bits per heavy atom. The molecule has 0 saturated carbocycles. The Balaban J connectivity index is 1.74. The molecule has 0 fully saturated rings. The first-order valence-electron chi connectivity index (χ1n) is 8.83. The Hall–Kier alpha value is -3.20. The Morgan fingerprint density at radius 3 is 2.81 bits per heavy atom. The Labute approximate surface area is 153 Å². The number of fused-ring (bicyclic) bond motifs is 2. The van der Waals surface area contributed by atoms with Gasteiger partial charge in [-0.15, -0.1) is 0 Å². The molecule has 0 spiro atoms. The van der Waals surface area contributed by atoms with Crippen molar-refractivity contribution >= 4 is 23.1 Å². The van der Waals surface area contributed by atoms with Gasteiger partial charge in [-0.3, -0.25) is 9.78 Å². The molecule has 128 valence electrons. The molecule has 4 rings (SSSR count). The van der Waals surface area contributed by atoms with Gasteiger partial charge in [0.25, 0.3) is 0 Å². The number of carbonyl (C=O) groups is 1. The van der Waals surface area contributed by atoms with Crippen LogP contribution in [0.1, 0.15) is 34.1 Å². The molecule has 3 nitrogen and oxygen atoms in total. The van der Waals surface area contributed by atoms with E-state index < -0.39 is 0 Å². The van der Waals surface area contributed by atoms with Crippen LogP contribution in [0.3, 0.4) is 0 Å². The molecule has 0 radical (unpaired) electrons. The van der Waals surface area contributed by atoms with Crippen LogP contribution in [-0.4, -0.2) is 17.3 Å². The average molecular weight is 340 g/mol. The maximum atomic E-state index is 12.0. The second-order valence-corrected chi connectivity index (χ2v) is 6.45. The molecular weight excluding hydrogens is 320 g/mol. The number of aryl methyl sites for hydroxylation is 1. The van der Waals surface area contributed by atoms with Gasteiger partial charge in [0, 0.05) is 29.7 Å². The number of pyridine rings is 1. The van der Waals surface area contributed by atoms with Crippen molar-refractivity contribution in [3.63, 3.8) is 0 Å². The van der Waals surface area contributed by atoms with Crippen LogP contribution in [0.25, 0.3) is 11.6 Å². The summed E-state index contributed by atoms with van der Waals surface area (Å²) in [4.78, 5) is 18.5. The van der Waals surface area contributed by atoms with Crippen molar-refractivity contribution in [2.45, 2.75) is 13.8 Å². The fourth-order valence-electron chi connectivity index (χ4n) is 3.45. The number of hydrogen-bond acceptors (Lipinski definition) is 3. The molecule has 0 saturated heterocycles. The molecule has 0 amide bonds. The van der Waals surface area contributed by atoms with Crippen molar-refractivity contribution in [1.29, 1.82) is 0 Å². The fourth-order valence-corrected chi connectivity index (χ4v) is 3.45. The summed E-state index contributed by atoms with van der Waals surface area (Å²) in [6.45, 7) is 5.16. The minimum absolute atomic E-state index is 0.0394. The first-order valence-corrected chi connectivity index (χ1v) is 8.83. The fraction of sp³-hybridized carbons (Fsp3) is 0.130. The van der Waals surface area contributed by atoms with Gasteiger partial charge in [0.05, 0.1) is 0 Å². The molecular formula is C23H20N2O. The third-order valence-corrected chi connectivity index (χ3v) is 4.74. The molecule has 0 N–H and O–H groups in total. The van der Waals surface area contributed by atoms with Crippen molar-refractivity contribution in [2.75, 3.05) is 11.4 Å². The molecule has 2 heterocycles. The second-order valence-electron chi connectivity index (χ2n) is 6.45. The maximum absolute atomic E-state index is 12.0. The highest BCUT2D eigenvalue weighted by Gasteiger charge is 2.18. The van der Waals surface area contributed by atoms with Gasteiger partial charge < -0.3 is 4.90 Å². The Morgan fingerprint density at radius 2 is 1.96 bits per heavy atom. The van der Waals surface area contributed by atoms with E-state index in [0.717, 1.165) is 23.4 Å². The molecule has 3 heteroatoms. The molecule has 0 bridgehead atoms. The molecule has 1 aromatic carbocycles. The largest absolute Gasteiger partial charge is 0.341 e. The number of rotatable bonds is 2. The van der Waals surface area contributed by atoms with Crippen LogP contribution >= 0.6 is 0 Å². The number of nitrogens with zero attached hydrogens (tertiary/aromatic N) is 2. The summed E-state index contributed by atoms with van der Waals surface area (Å²) in [5.41, 5.74) is 7.27. The minimum Gasteiger partial charge on any atom is -0.341 e. The minimum atomic E-state index is -0.0394. The van der Waals surface area contributed by atoms with Crippen LogP contribution in [0.5, 0.6) is 0 Å². The van der Waals surface area contributed by atoms with Gasteiger partial charge in [-0.1, -0.05) is 35.9 Å². The quantitative estimate of drug-likeness (QED) is 0.774. The number of benzene rings is 1. The smallest absolute Gasteiger partial charge is 0.204 e. The first-order chi connectivity index (χ1) is 12.7. The number of aromatic nitrogens is 1. The summed E-state index contributed by atoms with van der Waals surface area (Å²) in [5, 5.41) is 0. The van der Waals surface area contributed by atoms with Crippen molar-refractivity contribution in [1.82, 2.24) is 4.98 Å². The number of hydrogen-bond donors (Lipinski definition) is 0. The SMILES string of the molecule is CCN1C(=CC=C2C=CC(=O)c3ncccc32)C=Cc2cc(C)ccc21. The third-order valence-electron chi connectivity index (χ3n) is 4.74. The van der Waals surface area contributed by atoms with E-state index in [-0.39, 0.29) is 5.78 Å². The summed E-state index contributed by atoms with van der Waals surface area (Å²) >= 11 is 0. The van der Waals surface area contributed by atoms with Crippen molar-refractivity contribution in [3.05, 3.63) is 95.0 Å². The van der Waals surface area contributed by atoms with Gasteiger partial charge in [0.2, 0.25) is 5.78 Å². The van der Waals surface area contributed by atoms with Gasteiger partial charge in [-0.25, -0.2) is 0 Å². The maximum Gasteiger partial charge on any atom is 0.204 e. The summed E-state index contributed by atoms with van der Waals surface area (Å²) in [6, 6.07) is 10.3. The van der Waals surface area contributed by atoms with E-state index in [1.807, 2.05) is 18.2 Å². The van der Waals surface area contributed by atoms with Gasteiger partial charge >= 0.3 is 0 Å². The summed E-state index contributed by atoms with van der Waals surface area (Å²) in [6.07, 6.45) is 13.6. The van der Waals surface area contributed by atoms with E-state index in [9.17, 15) is 4.79 Å². The zero-order valence-electron chi connectivity index (χ0n) is 14.9. The van der Waals surface area contributed by atoms with Gasteiger partial charge in [-0.05, 0) is 61.4 Å².